The van der Waals surface area contributed by atoms with Crippen molar-refractivity contribution >= 4 is 17.9 Å². The number of carbonyl (C=O) groups is 3. The summed E-state index contributed by atoms with van der Waals surface area (Å²) in [6.07, 6.45) is 59.0. The largest absolute Gasteiger partial charge is 0.462 e. The molecule has 0 radical (unpaired) electrons. The van der Waals surface area contributed by atoms with Gasteiger partial charge >= 0.3 is 17.9 Å². The van der Waals surface area contributed by atoms with Crippen LogP contribution >= 0.6 is 0 Å². The number of hydrogen-bond acceptors (Lipinski definition) is 6. The van der Waals surface area contributed by atoms with Crippen molar-refractivity contribution < 1.29 is 28.6 Å². The van der Waals surface area contributed by atoms with Crippen molar-refractivity contribution in [3.63, 3.8) is 0 Å². The zero-order chi connectivity index (χ0) is 43.0. The van der Waals surface area contributed by atoms with Crippen LogP contribution in [0.25, 0.3) is 0 Å². The second-order valence-electron chi connectivity index (χ2n) is 16.0. The van der Waals surface area contributed by atoms with Crippen LogP contribution in [0.4, 0.5) is 0 Å². The van der Waals surface area contributed by atoms with Gasteiger partial charge < -0.3 is 14.2 Å². The van der Waals surface area contributed by atoms with Crippen molar-refractivity contribution in [2.45, 2.75) is 232 Å². The molecule has 0 aliphatic heterocycles. The summed E-state index contributed by atoms with van der Waals surface area (Å²) in [6.45, 7) is 6.47. The summed E-state index contributed by atoms with van der Waals surface area (Å²) >= 11 is 0. The number of allylic oxidation sites excluding steroid dienone is 12. The lowest BCUT2D eigenvalue weighted by atomic mass is 10.1. The average molecular weight is 823 g/mol. The summed E-state index contributed by atoms with van der Waals surface area (Å²) in [4.78, 5) is 37.8. The Morgan fingerprint density at radius 2 is 0.678 bits per heavy atom. The highest BCUT2D eigenvalue weighted by molar-refractivity contribution is 5.71. The van der Waals surface area contributed by atoms with Crippen LogP contribution < -0.4 is 0 Å². The van der Waals surface area contributed by atoms with Gasteiger partial charge in [0.1, 0.15) is 13.2 Å². The zero-order valence-corrected chi connectivity index (χ0v) is 38.5. The summed E-state index contributed by atoms with van der Waals surface area (Å²) in [5.74, 6) is -1.01. The highest BCUT2D eigenvalue weighted by atomic mass is 16.6. The quantitative estimate of drug-likeness (QED) is 0.0200. The Balaban J connectivity index is 4.47. The van der Waals surface area contributed by atoms with E-state index in [1.54, 1.807) is 0 Å². The normalized spacial score (nSPS) is 12.7. The highest BCUT2D eigenvalue weighted by Crippen LogP contribution is 2.12. The molecule has 0 aromatic rings. The fourth-order valence-electron chi connectivity index (χ4n) is 6.45. The van der Waals surface area contributed by atoms with Crippen molar-refractivity contribution in [3.8, 4) is 0 Å². The number of hydrogen-bond donors (Lipinski definition) is 0. The van der Waals surface area contributed by atoms with Gasteiger partial charge in [-0.3, -0.25) is 14.4 Å². The summed E-state index contributed by atoms with van der Waals surface area (Å²) in [5.41, 5.74) is 0. The van der Waals surface area contributed by atoms with E-state index in [0.29, 0.717) is 25.7 Å². The fraction of sp³-hybridized carbons (Fsp3) is 0.717. The van der Waals surface area contributed by atoms with Crippen LogP contribution in [0.3, 0.4) is 0 Å². The van der Waals surface area contributed by atoms with Gasteiger partial charge in [0.2, 0.25) is 0 Å². The first-order valence-corrected chi connectivity index (χ1v) is 24.5. The lowest BCUT2D eigenvalue weighted by Gasteiger charge is -2.18. The van der Waals surface area contributed by atoms with Crippen molar-refractivity contribution in [2.75, 3.05) is 13.2 Å². The Kier molecular flexibility index (Phi) is 45.0. The van der Waals surface area contributed by atoms with E-state index in [-0.39, 0.29) is 37.5 Å². The van der Waals surface area contributed by atoms with Gasteiger partial charge in [0.25, 0.3) is 0 Å². The molecule has 0 rings (SSSR count). The lowest BCUT2D eigenvalue weighted by molar-refractivity contribution is -0.167. The summed E-state index contributed by atoms with van der Waals surface area (Å²) in [7, 11) is 0. The Bertz CT molecular complexity index is 1130. The monoisotopic (exact) mass is 823 g/mol. The van der Waals surface area contributed by atoms with Gasteiger partial charge in [0.05, 0.1) is 0 Å². The van der Waals surface area contributed by atoms with Crippen LogP contribution in [0.1, 0.15) is 226 Å². The molecule has 0 heterocycles. The van der Waals surface area contributed by atoms with Crippen LogP contribution in [0.5, 0.6) is 0 Å². The van der Waals surface area contributed by atoms with E-state index in [0.717, 1.165) is 64.2 Å². The lowest BCUT2D eigenvalue weighted by Crippen LogP contribution is -2.30. The van der Waals surface area contributed by atoms with Crippen molar-refractivity contribution in [1.82, 2.24) is 0 Å². The molecule has 0 aliphatic rings. The summed E-state index contributed by atoms with van der Waals surface area (Å²) in [6, 6.07) is 0. The van der Waals surface area contributed by atoms with Crippen LogP contribution in [0.15, 0.2) is 72.9 Å². The number of carbonyl (C=O) groups excluding carboxylic acids is 3. The second-order valence-corrected chi connectivity index (χ2v) is 16.0. The topological polar surface area (TPSA) is 78.9 Å². The van der Waals surface area contributed by atoms with Gasteiger partial charge in [0, 0.05) is 19.3 Å². The molecule has 0 spiro atoms. The third-order valence-corrected chi connectivity index (χ3v) is 10.2. The van der Waals surface area contributed by atoms with Crippen LogP contribution in [-0.2, 0) is 28.6 Å². The molecular weight excluding hydrogens is 733 g/mol. The molecule has 0 fully saturated rings. The van der Waals surface area contributed by atoms with Gasteiger partial charge in [-0.2, -0.15) is 0 Å². The van der Waals surface area contributed by atoms with Gasteiger partial charge in [-0.25, -0.2) is 0 Å². The molecule has 1 atom stereocenters. The maximum Gasteiger partial charge on any atom is 0.306 e. The summed E-state index contributed by atoms with van der Waals surface area (Å²) < 4.78 is 16.6. The predicted octanol–water partition coefficient (Wildman–Crippen LogP) is 15.9. The second kappa shape index (κ2) is 47.5. The maximum absolute atomic E-state index is 12.7. The minimum absolute atomic E-state index is 0.112. The molecular formula is C53H90O6. The van der Waals surface area contributed by atoms with Crippen molar-refractivity contribution in [2.24, 2.45) is 0 Å². The molecule has 338 valence electrons. The molecule has 0 aromatic heterocycles. The van der Waals surface area contributed by atoms with Crippen LogP contribution in [0.2, 0.25) is 0 Å². The molecule has 1 unspecified atom stereocenters. The molecule has 0 saturated carbocycles. The highest BCUT2D eigenvalue weighted by Gasteiger charge is 2.19. The number of esters is 3. The Hall–Kier alpha value is -3.15. The molecule has 59 heavy (non-hydrogen) atoms. The predicted molar refractivity (Wildman–Crippen MR) is 251 cm³/mol. The van der Waals surface area contributed by atoms with Crippen molar-refractivity contribution in [1.29, 1.82) is 0 Å². The molecule has 6 heteroatoms. The minimum Gasteiger partial charge on any atom is -0.462 e. The smallest absolute Gasteiger partial charge is 0.306 e. The first kappa shape index (κ1) is 55.9. The Morgan fingerprint density at radius 1 is 0.356 bits per heavy atom. The minimum atomic E-state index is -0.810. The Labute approximate surface area is 363 Å². The first-order chi connectivity index (χ1) is 29.0. The number of rotatable bonds is 43. The maximum atomic E-state index is 12.7. The van der Waals surface area contributed by atoms with Gasteiger partial charge in [-0.15, -0.1) is 0 Å². The molecule has 0 aliphatic carbocycles. The van der Waals surface area contributed by atoms with E-state index < -0.39 is 6.10 Å². The van der Waals surface area contributed by atoms with E-state index in [1.165, 1.54) is 109 Å². The molecule has 0 N–H and O–H groups in total. The van der Waals surface area contributed by atoms with E-state index in [2.05, 4.69) is 93.7 Å². The van der Waals surface area contributed by atoms with Gasteiger partial charge in [-0.05, 0) is 96.3 Å². The zero-order valence-electron chi connectivity index (χ0n) is 38.5. The molecule has 0 amide bonds. The fourth-order valence-corrected chi connectivity index (χ4v) is 6.45. The average Bonchev–Trinajstić information content (AvgIpc) is 3.23. The number of unbranched alkanes of at least 4 members (excludes halogenated alkanes) is 21. The Morgan fingerprint density at radius 3 is 1.17 bits per heavy atom. The summed E-state index contributed by atoms with van der Waals surface area (Å²) in [5, 5.41) is 0. The van der Waals surface area contributed by atoms with Crippen LogP contribution in [0, 0.1) is 0 Å². The third-order valence-electron chi connectivity index (χ3n) is 10.2. The SMILES string of the molecule is CCCCC/C=C\C=C/CCCCCCCCC(=O)OC(COC(=O)CCC/C=C\C/C=C\C/C=C\CCCCCCCC)COC(=O)CCC/C=C\CCCCCC. The van der Waals surface area contributed by atoms with E-state index in [4.69, 9.17) is 14.2 Å². The van der Waals surface area contributed by atoms with E-state index in [1.807, 2.05) is 0 Å². The first-order valence-electron chi connectivity index (χ1n) is 24.5. The molecule has 0 saturated heterocycles. The molecule has 0 aromatic carbocycles. The third kappa shape index (κ3) is 45.8. The standard InChI is InChI=1S/C53H90O6/c1-4-7-10-13-16-19-21-23-25-26-28-29-31-34-37-40-43-46-52(55)58-49-50(48-57-51(54)45-42-39-36-33-18-15-12-9-6-3)59-53(56)47-44-41-38-35-32-30-27-24-22-20-17-14-11-8-5-2/h17,20,22-25,28-29,33-34,36-37,50H,4-16,18-19,21,26-27,30-32,35,38-49H2,1-3H3/b20-17-,24-22-,25-23-,29-28-,36-33-,37-34-. The van der Waals surface area contributed by atoms with Gasteiger partial charge in [-0.1, -0.05) is 184 Å². The molecule has 0 bridgehead atoms. The van der Waals surface area contributed by atoms with Crippen LogP contribution in [-0.4, -0.2) is 37.2 Å². The van der Waals surface area contributed by atoms with Gasteiger partial charge in [0.15, 0.2) is 6.10 Å². The van der Waals surface area contributed by atoms with E-state index in [9.17, 15) is 14.4 Å². The van der Waals surface area contributed by atoms with Crippen molar-refractivity contribution in [3.05, 3.63) is 72.9 Å². The molecule has 6 nitrogen and oxygen atoms in total. The number of ether oxygens (including phenoxy) is 3. The van der Waals surface area contributed by atoms with E-state index >= 15 is 0 Å².